The van der Waals surface area contributed by atoms with E-state index in [2.05, 4.69) is 24.1 Å². The van der Waals surface area contributed by atoms with Crippen LogP contribution in [-0.4, -0.2) is 22.0 Å². The van der Waals surface area contributed by atoms with E-state index in [0.29, 0.717) is 30.1 Å². The molecule has 1 aliphatic carbocycles. The Balaban J connectivity index is 1.92. The zero-order valence-electron chi connectivity index (χ0n) is 16.3. The van der Waals surface area contributed by atoms with Crippen molar-refractivity contribution in [3.05, 3.63) is 59.3 Å². The summed E-state index contributed by atoms with van der Waals surface area (Å²) in [5.41, 5.74) is 8.89. The SMILES string of the molecule is CC(C)c1ccc(C(NC(=O)C2CCCC2C(=O)O)c2cccnc2N)cc1. The fraction of sp³-hybridized carbons (Fsp3) is 0.409. The first-order valence-electron chi connectivity index (χ1n) is 9.72. The van der Waals surface area contributed by atoms with Gasteiger partial charge in [0.05, 0.1) is 17.9 Å². The maximum atomic E-state index is 13.0. The molecule has 3 rings (SSSR count). The van der Waals surface area contributed by atoms with Crippen molar-refractivity contribution >= 4 is 17.7 Å². The van der Waals surface area contributed by atoms with Crippen molar-refractivity contribution in [3.63, 3.8) is 0 Å². The summed E-state index contributed by atoms with van der Waals surface area (Å²) in [7, 11) is 0. The normalized spacial score (nSPS) is 20.1. The smallest absolute Gasteiger partial charge is 0.307 e. The molecule has 0 aliphatic heterocycles. The molecule has 4 N–H and O–H groups in total. The van der Waals surface area contributed by atoms with Crippen LogP contribution in [0.5, 0.6) is 0 Å². The first-order valence-corrected chi connectivity index (χ1v) is 9.72. The summed E-state index contributed by atoms with van der Waals surface area (Å²) < 4.78 is 0. The number of anilines is 1. The quantitative estimate of drug-likeness (QED) is 0.710. The minimum atomic E-state index is -0.906. The van der Waals surface area contributed by atoms with E-state index in [0.717, 1.165) is 12.0 Å². The van der Waals surface area contributed by atoms with Crippen LogP contribution in [0.1, 0.15) is 61.8 Å². The van der Waals surface area contributed by atoms with Gasteiger partial charge in [0, 0.05) is 11.8 Å². The van der Waals surface area contributed by atoms with Crippen LogP contribution in [0.15, 0.2) is 42.6 Å². The first-order chi connectivity index (χ1) is 13.4. The predicted octanol–water partition coefficient (Wildman–Crippen LogP) is 3.49. The second kappa shape index (κ2) is 8.42. The molecule has 3 unspecified atom stereocenters. The summed E-state index contributed by atoms with van der Waals surface area (Å²) in [5.74, 6) is -1.55. The van der Waals surface area contributed by atoms with Gasteiger partial charge in [0.2, 0.25) is 5.91 Å². The van der Waals surface area contributed by atoms with Gasteiger partial charge in [-0.2, -0.15) is 0 Å². The van der Waals surface area contributed by atoms with Crippen molar-refractivity contribution in [1.29, 1.82) is 0 Å². The van der Waals surface area contributed by atoms with Crippen LogP contribution in [0.3, 0.4) is 0 Å². The highest BCUT2D eigenvalue weighted by atomic mass is 16.4. The molecule has 1 aliphatic rings. The number of benzene rings is 1. The number of hydrogen-bond acceptors (Lipinski definition) is 4. The lowest BCUT2D eigenvalue weighted by Gasteiger charge is -2.24. The van der Waals surface area contributed by atoms with E-state index < -0.39 is 23.8 Å². The number of pyridine rings is 1. The second-order valence-electron chi connectivity index (χ2n) is 7.72. The van der Waals surface area contributed by atoms with Crippen molar-refractivity contribution in [1.82, 2.24) is 10.3 Å². The molecule has 1 aromatic carbocycles. The summed E-state index contributed by atoms with van der Waals surface area (Å²) in [6.45, 7) is 4.25. The zero-order valence-corrected chi connectivity index (χ0v) is 16.3. The van der Waals surface area contributed by atoms with Crippen molar-refractivity contribution in [2.75, 3.05) is 5.73 Å². The number of nitrogens with one attached hydrogen (secondary N) is 1. The van der Waals surface area contributed by atoms with E-state index >= 15 is 0 Å². The van der Waals surface area contributed by atoms with Gasteiger partial charge in [-0.15, -0.1) is 0 Å². The number of carbonyl (C=O) groups excluding carboxylic acids is 1. The lowest BCUT2D eigenvalue weighted by Crippen LogP contribution is -2.38. The van der Waals surface area contributed by atoms with Crippen molar-refractivity contribution in [3.8, 4) is 0 Å². The van der Waals surface area contributed by atoms with Crippen LogP contribution in [-0.2, 0) is 9.59 Å². The van der Waals surface area contributed by atoms with Gasteiger partial charge in [0.25, 0.3) is 0 Å². The third-order valence-electron chi connectivity index (χ3n) is 5.58. The molecule has 1 amide bonds. The van der Waals surface area contributed by atoms with Crippen LogP contribution < -0.4 is 11.1 Å². The number of rotatable bonds is 6. The van der Waals surface area contributed by atoms with E-state index in [9.17, 15) is 14.7 Å². The zero-order chi connectivity index (χ0) is 20.3. The monoisotopic (exact) mass is 381 g/mol. The number of nitrogen functional groups attached to an aromatic ring is 1. The maximum absolute atomic E-state index is 13.0. The molecular formula is C22H27N3O3. The molecule has 1 aromatic heterocycles. The first kappa shape index (κ1) is 19.9. The Hall–Kier alpha value is -2.89. The van der Waals surface area contributed by atoms with Gasteiger partial charge in [-0.25, -0.2) is 4.98 Å². The van der Waals surface area contributed by atoms with Gasteiger partial charge in [-0.05, 0) is 36.0 Å². The van der Waals surface area contributed by atoms with Crippen molar-refractivity contribution in [2.45, 2.75) is 45.1 Å². The average Bonchev–Trinajstić information content (AvgIpc) is 3.17. The van der Waals surface area contributed by atoms with Crippen molar-refractivity contribution in [2.24, 2.45) is 11.8 Å². The van der Waals surface area contributed by atoms with Gasteiger partial charge in [0.1, 0.15) is 5.82 Å². The number of aromatic nitrogens is 1. The van der Waals surface area contributed by atoms with E-state index in [1.807, 2.05) is 30.3 Å². The van der Waals surface area contributed by atoms with E-state index in [4.69, 9.17) is 5.73 Å². The number of amides is 1. The predicted molar refractivity (Wildman–Crippen MR) is 108 cm³/mol. The Morgan fingerprint density at radius 2 is 1.75 bits per heavy atom. The minimum Gasteiger partial charge on any atom is -0.481 e. The van der Waals surface area contributed by atoms with Crippen LogP contribution >= 0.6 is 0 Å². The highest BCUT2D eigenvalue weighted by molar-refractivity contribution is 5.86. The van der Waals surface area contributed by atoms with E-state index in [-0.39, 0.29) is 5.91 Å². The molecule has 28 heavy (non-hydrogen) atoms. The maximum Gasteiger partial charge on any atom is 0.307 e. The summed E-state index contributed by atoms with van der Waals surface area (Å²) in [4.78, 5) is 28.6. The number of nitrogens with zero attached hydrogens (tertiary/aromatic N) is 1. The Labute approximate surface area is 165 Å². The lowest BCUT2D eigenvalue weighted by atomic mass is 9.92. The molecular weight excluding hydrogens is 354 g/mol. The molecule has 0 spiro atoms. The summed E-state index contributed by atoms with van der Waals surface area (Å²) in [5, 5.41) is 12.5. The number of hydrogen-bond donors (Lipinski definition) is 3. The third-order valence-corrected chi connectivity index (χ3v) is 5.58. The Morgan fingerprint density at radius 3 is 2.36 bits per heavy atom. The molecule has 0 saturated heterocycles. The van der Waals surface area contributed by atoms with Gasteiger partial charge in [0.15, 0.2) is 0 Å². The summed E-state index contributed by atoms with van der Waals surface area (Å²) in [6, 6.07) is 11.2. The molecule has 3 atom stereocenters. The van der Waals surface area contributed by atoms with Gasteiger partial charge < -0.3 is 16.2 Å². The number of aliphatic carboxylic acids is 1. The van der Waals surface area contributed by atoms with Crippen LogP contribution in [0, 0.1) is 11.8 Å². The van der Waals surface area contributed by atoms with E-state index in [1.165, 1.54) is 5.56 Å². The number of nitrogens with two attached hydrogens (primary N) is 1. The van der Waals surface area contributed by atoms with Crippen LogP contribution in [0.4, 0.5) is 5.82 Å². The molecule has 6 heteroatoms. The number of carboxylic acids is 1. The third kappa shape index (κ3) is 4.16. The van der Waals surface area contributed by atoms with Crippen LogP contribution in [0.2, 0.25) is 0 Å². The molecule has 0 radical (unpaired) electrons. The molecule has 0 bridgehead atoms. The molecule has 1 heterocycles. The highest BCUT2D eigenvalue weighted by Crippen LogP contribution is 2.34. The fourth-order valence-corrected chi connectivity index (χ4v) is 3.91. The largest absolute Gasteiger partial charge is 0.481 e. The average molecular weight is 381 g/mol. The van der Waals surface area contributed by atoms with Gasteiger partial charge in [-0.1, -0.05) is 50.6 Å². The Morgan fingerprint density at radius 1 is 1.11 bits per heavy atom. The van der Waals surface area contributed by atoms with Crippen molar-refractivity contribution < 1.29 is 14.7 Å². The second-order valence-corrected chi connectivity index (χ2v) is 7.72. The molecule has 148 valence electrons. The minimum absolute atomic E-state index is 0.244. The van der Waals surface area contributed by atoms with Crippen LogP contribution in [0.25, 0.3) is 0 Å². The van der Waals surface area contributed by atoms with Gasteiger partial charge >= 0.3 is 5.97 Å². The van der Waals surface area contributed by atoms with E-state index in [1.54, 1.807) is 12.3 Å². The number of carboxylic acid groups (broad SMARTS) is 1. The molecule has 1 fully saturated rings. The molecule has 1 saturated carbocycles. The standard InChI is InChI=1S/C22H27N3O3/c1-13(2)14-8-10-15(11-9-14)19(18-7-4-12-24-20(18)23)25-21(26)16-5-3-6-17(16)22(27)28/h4,7-13,16-17,19H,3,5-6H2,1-2H3,(H2,23,24)(H,25,26)(H,27,28). The van der Waals surface area contributed by atoms with Gasteiger partial charge in [-0.3, -0.25) is 9.59 Å². The fourth-order valence-electron chi connectivity index (χ4n) is 3.91. The highest BCUT2D eigenvalue weighted by Gasteiger charge is 2.38. The lowest BCUT2D eigenvalue weighted by molar-refractivity contribution is -0.146. The Bertz CT molecular complexity index is 848. The summed E-state index contributed by atoms with van der Waals surface area (Å²) in [6.07, 6.45) is 3.48. The number of carbonyl (C=O) groups is 2. The molecule has 2 aromatic rings. The topological polar surface area (TPSA) is 105 Å². The Kier molecular flexibility index (Phi) is 5.97. The summed E-state index contributed by atoms with van der Waals surface area (Å²) >= 11 is 0. The molecule has 6 nitrogen and oxygen atoms in total.